The first-order valence-corrected chi connectivity index (χ1v) is 8.22. The van der Waals surface area contributed by atoms with Crippen molar-refractivity contribution in [3.05, 3.63) is 35.4 Å². The highest BCUT2D eigenvalue weighted by Gasteiger charge is 2.29. The van der Waals surface area contributed by atoms with Crippen molar-refractivity contribution in [3.8, 4) is 0 Å². The molecule has 0 radical (unpaired) electrons. The van der Waals surface area contributed by atoms with Crippen LogP contribution >= 0.6 is 11.8 Å². The minimum Gasteiger partial charge on any atom is -0.380 e. The number of hydrogen-bond donors (Lipinski definition) is 1. The first-order chi connectivity index (χ1) is 10.00. The largest absolute Gasteiger partial charge is 0.380 e. The number of methoxy groups -OCH3 is 1. The number of carbonyl (C=O) groups is 1. The Morgan fingerprint density at radius 2 is 2.19 bits per heavy atom. The molecule has 0 spiro atoms. The molecule has 2 amide bonds. The van der Waals surface area contributed by atoms with Crippen LogP contribution in [0.15, 0.2) is 24.3 Å². The molecule has 116 valence electrons. The summed E-state index contributed by atoms with van der Waals surface area (Å²) >= 11 is 1.93. The molecule has 1 N–H and O–H groups in total. The quantitative estimate of drug-likeness (QED) is 0.930. The van der Waals surface area contributed by atoms with Crippen LogP contribution in [-0.4, -0.2) is 41.6 Å². The van der Waals surface area contributed by atoms with Crippen LogP contribution in [0.2, 0.25) is 0 Å². The number of hydrogen-bond acceptors (Lipinski definition) is 3. The fraction of sp³-hybridized carbons (Fsp3) is 0.562. The SMILES string of the molecule is COCc1cccc(CNC(=O)N2CCSC(C)(C)C2)c1. The number of thioether (sulfide) groups is 1. The number of nitrogens with zero attached hydrogens (tertiary/aromatic N) is 1. The van der Waals surface area contributed by atoms with Gasteiger partial charge in [0.2, 0.25) is 0 Å². The molecule has 0 bridgehead atoms. The number of nitrogens with one attached hydrogen (secondary N) is 1. The molecule has 0 atom stereocenters. The highest BCUT2D eigenvalue weighted by Crippen LogP contribution is 2.29. The Labute approximate surface area is 131 Å². The van der Waals surface area contributed by atoms with Crippen molar-refractivity contribution in [1.82, 2.24) is 10.2 Å². The second-order valence-electron chi connectivity index (χ2n) is 5.94. The van der Waals surface area contributed by atoms with Crippen LogP contribution in [0.5, 0.6) is 0 Å². The zero-order chi connectivity index (χ0) is 15.3. The Bertz CT molecular complexity index is 491. The maximum absolute atomic E-state index is 12.3. The van der Waals surface area contributed by atoms with Gasteiger partial charge in [-0.1, -0.05) is 24.3 Å². The maximum Gasteiger partial charge on any atom is 0.317 e. The van der Waals surface area contributed by atoms with Gasteiger partial charge in [0.05, 0.1) is 6.61 Å². The van der Waals surface area contributed by atoms with Crippen molar-refractivity contribution in [1.29, 1.82) is 0 Å². The van der Waals surface area contributed by atoms with Crippen molar-refractivity contribution in [3.63, 3.8) is 0 Å². The number of urea groups is 1. The van der Waals surface area contributed by atoms with Crippen LogP contribution in [0.25, 0.3) is 0 Å². The molecule has 5 heteroatoms. The van der Waals surface area contributed by atoms with Gasteiger partial charge in [0, 0.05) is 37.2 Å². The first kappa shape index (κ1) is 16.2. The van der Waals surface area contributed by atoms with Gasteiger partial charge in [0.25, 0.3) is 0 Å². The first-order valence-electron chi connectivity index (χ1n) is 7.24. The number of benzene rings is 1. The summed E-state index contributed by atoms with van der Waals surface area (Å²) in [6.07, 6.45) is 0. The van der Waals surface area contributed by atoms with E-state index in [1.54, 1.807) is 7.11 Å². The predicted octanol–water partition coefficient (Wildman–Crippen LogP) is 2.87. The van der Waals surface area contributed by atoms with E-state index in [9.17, 15) is 4.79 Å². The van der Waals surface area contributed by atoms with E-state index in [4.69, 9.17) is 4.74 Å². The van der Waals surface area contributed by atoms with Gasteiger partial charge in [-0.2, -0.15) is 11.8 Å². The zero-order valence-corrected chi connectivity index (χ0v) is 13.8. The van der Waals surface area contributed by atoms with Gasteiger partial charge in [0.1, 0.15) is 0 Å². The highest BCUT2D eigenvalue weighted by molar-refractivity contribution is 8.00. The molecule has 2 rings (SSSR count). The van der Waals surface area contributed by atoms with Crippen LogP contribution in [0, 0.1) is 0 Å². The summed E-state index contributed by atoms with van der Waals surface area (Å²) in [6, 6.07) is 8.14. The fourth-order valence-corrected chi connectivity index (χ4v) is 3.59. The second-order valence-corrected chi connectivity index (χ2v) is 7.74. The molecule has 0 aliphatic carbocycles. The van der Waals surface area contributed by atoms with E-state index in [1.807, 2.05) is 34.9 Å². The molecule has 0 aromatic heterocycles. The average molecular weight is 308 g/mol. The molecule has 1 aliphatic rings. The summed E-state index contributed by atoms with van der Waals surface area (Å²) < 4.78 is 5.28. The Balaban J connectivity index is 1.87. The zero-order valence-electron chi connectivity index (χ0n) is 13.0. The molecular formula is C16H24N2O2S. The molecular weight excluding hydrogens is 284 g/mol. The highest BCUT2D eigenvalue weighted by atomic mass is 32.2. The Kier molecular flexibility index (Phi) is 5.53. The van der Waals surface area contributed by atoms with E-state index in [0.717, 1.165) is 30.0 Å². The van der Waals surface area contributed by atoms with E-state index in [-0.39, 0.29) is 10.8 Å². The Morgan fingerprint density at radius 1 is 1.43 bits per heavy atom. The molecule has 0 unspecified atom stereocenters. The third kappa shape index (κ3) is 4.93. The lowest BCUT2D eigenvalue weighted by molar-refractivity contribution is 0.185. The van der Waals surface area contributed by atoms with Gasteiger partial charge in [-0.3, -0.25) is 0 Å². The number of carbonyl (C=O) groups excluding carboxylic acids is 1. The lowest BCUT2D eigenvalue weighted by Crippen LogP contribution is -2.49. The predicted molar refractivity (Wildman–Crippen MR) is 87.5 cm³/mol. The molecule has 0 saturated carbocycles. The van der Waals surface area contributed by atoms with Crippen LogP contribution in [0.1, 0.15) is 25.0 Å². The molecule has 21 heavy (non-hydrogen) atoms. The summed E-state index contributed by atoms with van der Waals surface area (Å²) in [5.41, 5.74) is 2.23. The maximum atomic E-state index is 12.3. The Morgan fingerprint density at radius 3 is 2.90 bits per heavy atom. The number of amides is 2. The average Bonchev–Trinajstić information content (AvgIpc) is 2.44. The van der Waals surface area contributed by atoms with Crippen molar-refractivity contribution in [2.45, 2.75) is 31.7 Å². The number of rotatable bonds is 4. The second kappa shape index (κ2) is 7.18. The minimum atomic E-state index is 0.0283. The molecule has 4 nitrogen and oxygen atoms in total. The van der Waals surface area contributed by atoms with E-state index in [1.165, 1.54) is 0 Å². The summed E-state index contributed by atoms with van der Waals surface area (Å²) in [4.78, 5) is 14.2. The third-order valence-corrected chi connectivity index (χ3v) is 4.76. The van der Waals surface area contributed by atoms with Crippen LogP contribution in [0.3, 0.4) is 0 Å². The standard InChI is InChI=1S/C16H24N2O2S/c1-16(2)12-18(7-8-21-16)15(19)17-10-13-5-4-6-14(9-13)11-20-3/h4-6,9H,7-8,10-12H2,1-3H3,(H,17,19). The fourth-order valence-electron chi connectivity index (χ4n) is 2.48. The van der Waals surface area contributed by atoms with Gasteiger partial charge in [-0.05, 0) is 25.0 Å². The van der Waals surface area contributed by atoms with Gasteiger partial charge in [-0.25, -0.2) is 4.79 Å². The van der Waals surface area contributed by atoms with Crippen LogP contribution in [-0.2, 0) is 17.9 Å². The van der Waals surface area contributed by atoms with Gasteiger partial charge in [0.15, 0.2) is 0 Å². The topological polar surface area (TPSA) is 41.6 Å². The van der Waals surface area contributed by atoms with Crippen molar-refractivity contribution >= 4 is 17.8 Å². The van der Waals surface area contributed by atoms with E-state index in [2.05, 4.69) is 25.2 Å². The number of ether oxygens (including phenoxy) is 1. The molecule has 1 fully saturated rings. The summed E-state index contributed by atoms with van der Waals surface area (Å²) in [6.45, 7) is 7.15. The molecule has 1 saturated heterocycles. The summed E-state index contributed by atoms with van der Waals surface area (Å²) in [5, 5.41) is 3.01. The van der Waals surface area contributed by atoms with E-state index in [0.29, 0.717) is 13.2 Å². The summed E-state index contributed by atoms with van der Waals surface area (Å²) in [7, 11) is 1.69. The minimum absolute atomic E-state index is 0.0283. The lowest BCUT2D eigenvalue weighted by atomic mass is 10.1. The van der Waals surface area contributed by atoms with Crippen molar-refractivity contribution in [2.24, 2.45) is 0 Å². The molecule has 1 aromatic rings. The molecule has 1 aromatic carbocycles. The molecule has 1 aliphatic heterocycles. The van der Waals surface area contributed by atoms with Crippen LogP contribution in [0.4, 0.5) is 4.79 Å². The summed E-state index contributed by atoms with van der Waals surface area (Å²) in [5.74, 6) is 1.00. The normalized spacial score (nSPS) is 17.6. The van der Waals surface area contributed by atoms with E-state index >= 15 is 0 Å². The smallest absolute Gasteiger partial charge is 0.317 e. The van der Waals surface area contributed by atoms with E-state index < -0.39 is 0 Å². The third-order valence-electron chi connectivity index (χ3n) is 3.46. The van der Waals surface area contributed by atoms with Gasteiger partial charge < -0.3 is 15.0 Å². The van der Waals surface area contributed by atoms with Gasteiger partial charge >= 0.3 is 6.03 Å². The molecule has 1 heterocycles. The van der Waals surface area contributed by atoms with Crippen molar-refractivity contribution in [2.75, 3.05) is 26.0 Å². The monoisotopic (exact) mass is 308 g/mol. The van der Waals surface area contributed by atoms with Gasteiger partial charge in [-0.15, -0.1) is 0 Å². The Hall–Kier alpha value is -1.20. The lowest BCUT2D eigenvalue weighted by Gasteiger charge is -2.37. The van der Waals surface area contributed by atoms with Crippen LogP contribution < -0.4 is 5.32 Å². The van der Waals surface area contributed by atoms with Crippen molar-refractivity contribution < 1.29 is 9.53 Å².